The first kappa shape index (κ1) is 21.3. The van der Waals surface area contributed by atoms with E-state index in [9.17, 15) is 14.4 Å². The number of nitrogens with two attached hydrogens (primary N) is 2. The zero-order valence-electron chi connectivity index (χ0n) is 17.7. The fraction of sp³-hybridized carbons (Fsp3) is 0.381. The summed E-state index contributed by atoms with van der Waals surface area (Å²) in [5.41, 5.74) is 12.8. The summed E-state index contributed by atoms with van der Waals surface area (Å²) in [5, 5.41) is 6.31. The number of aromatic nitrogens is 2. The van der Waals surface area contributed by atoms with Crippen molar-refractivity contribution in [2.45, 2.75) is 31.8 Å². The maximum absolute atomic E-state index is 12.0. The van der Waals surface area contributed by atoms with Gasteiger partial charge < -0.3 is 31.9 Å². The number of primary amides is 2. The van der Waals surface area contributed by atoms with Crippen LogP contribution in [0.3, 0.4) is 0 Å². The number of nitrogens with zero attached hydrogens (tertiary/aromatic N) is 4. The normalized spacial score (nSPS) is 18.2. The van der Waals surface area contributed by atoms with Crippen LogP contribution in [0.4, 0.5) is 23.1 Å². The number of carbonyl (C=O) groups is 3. The molecule has 4 rings (SSSR count). The van der Waals surface area contributed by atoms with E-state index in [1.807, 2.05) is 29.2 Å². The zero-order valence-corrected chi connectivity index (χ0v) is 17.7. The lowest BCUT2D eigenvalue weighted by molar-refractivity contribution is -0.130. The van der Waals surface area contributed by atoms with Crippen LogP contribution in [0.5, 0.6) is 0 Å². The van der Waals surface area contributed by atoms with Crippen LogP contribution in [-0.4, -0.2) is 64.3 Å². The molecule has 1 aromatic carbocycles. The van der Waals surface area contributed by atoms with E-state index in [1.165, 1.54) is 13.1 Å². The van der Waals surface area contributed by atoms with Crippen molar-refractivity contribution >= 4 is 40.9 Å². The van der Waals surface area contributed by atoms with Gasteiger partial charge in [0, 0.05) is 43.6 Å². The molecule has 0 spiro atoms. The van der Waals surface area contributed by atoms with Gasteiger partial charge in [-0.25, -0.2) is 4.98 Å². The number of amides is 3. The second-order valence-electron chi connectivity index (χ2n) is 7.99. The summed E-state index contributed by atoms with van der Waals surface area (Å²) in [6.07, 6.45) is 3.46. The Bertz CT molecular complexity index is 1040. The van der Waals surface area contributed by atoms with Crippen LogP contribution in [-0.2, 0) is 9.59 Å². The summed E-state index contributed by atoms with van der Waals surface area (Å²) in [7, 11) is 0. The molecule has 1 atom stereocenters. The third kappa shape index (κ3) is 4.71. The average molecular weight is 438 g/mol. The second-order valence-corrected chi connectivity index (χ2v) is 7.99. The molecular weight excluding hydrogens is 412 g/mol. The molecule has 0 radical (unpaired) electrons. The minimum atomic E-state index is -0.591. The molecule has 11 nitrogen and oxygen atoms in total. The average Bonchev–Trinajstić information content (AvgIpc) is 3.58. The Morgan fingerprint density at radius 3 is 2.41 bits per heavy atom. The molecule has 11 heteroatoms. The molecule has 3 amide bonds. The van der Waals surface area contributed by atoms with Crippen molar-refractivity contribution in [3.05, 3.63) is 36.0 Å². The van der Waals surface area contributed by atoms with Crippen LogP contribution in [0.1, 0.15) is 30.1 Å². The van der Waals surface area contributed by atoms with E-state index in [0.29, 0.717) is 30.9 Å². The van der Waals surface area contributed by atoms with Crippen molar-refractivity contribution < 1.29 is 14.4 Å². The smallest absolute Gasteiger partial charge is 0.254 e. The van der Waals surface area contributed by atoms with Crippen LogP contribution >= 0.6 is 0 Å². The number of carbonyl (C=O) groups excluding carboxylic acids is 3. The van der Waals surface area contributed by atoms with Crippen molar-refractivity contribution in [1.29, 1.82) is 0 Å². The summed E-state index contributed by atoms with van der Waals surface area (Å²) in [6, 6.07) is 7.11. The SMILES string of the molecule is CC(=O)N1CCN(c2ccc(Nc3ncc(C(N)=O)c(NC4CC4)n3)cc2)C(C(N)=O)C1. The van der Waals surface area contributed by atoms with Gasteiger partial charge in [-0.15, -0.1) is 0 Å². The molecule has 2 fully saturated rings. The molecular formula is C21H26N8O3. The molecule has 6 N–H and O–H groups in total. The molecule has 1 saturated carbocycles. The van der Waals surface area contributed by atoms with Crippen LogP contribution in [0.15, 0.2) is 30.5 Å². The predicted molar refractivity (Wildman–Crippen MR) is 120 cm³/mol. The van der Waals surface area contributed by atoms with Crippen molar-refractivity contribution in [1.82, 2.24) is 14.9 Å². The number of hydrogen-bond acceptors (Lipinski definition) is 8. The highest BCUT2D eigenvalue weighted by molar-refractivity contribution is 5.97. The third-order valence-electron chi connectivity index (χ3n) is 5.58. The molecule has 1 aliphatic heterocycles. The number of nitrogens with one attached hydrogen (secondary N) is 2. The van der Waals surface area contributed by atoms with E-state index < -0.39 is 17.9 Å². The lowest BCUT2D eigenvalue weighted by atomic mass is 10.1. The first-order valence-electron chi connectivity index (χ1n) is 10.4. The molecule has 0 bridgehead atoms. The molecule has 1 aromatic heterocycles. The molecule has 2 heterocycles. The minimum Gasteiger partial charge on any atom is -0.368 e. The summed E-state index contributed by atoms with van der Waals surface area (Å²) < 4.78 is 0. The summed E-state index contributed by atoms with van der Waals surface area (Å²) >= 11 is 0. The molecule has 32 heavy (non-hydrogen) atoms. The highest BCUT2D eigenvalue weighted by Gasteiger charge is 2.32. The monoisotopic (exact) mass is 438 g/mol. The largest absolute Gasteiger partial charge is 0.368 e. The van der Waals surface area contributed by atoms with Gasteiger partial charge >= 0.3 is 0 Å². The first-order chi connectivity index (χ1) is 15.3. The molecule has 1 unspecified atom stereocenters. The number of benzene rings is 1. The van der Waals surface area contributed by atoms with Gasteiger partial charge in [0.15, 0.2) is 0 Å². The van der Waals surface area contributed by atoms with E-state index in [4.69, 9.17) is 11.5 Å². The number of piperazine rings is 1. The van der Waals surface area contributed by atoms with E-state index in [0.717, 1.165) is 24.2 Å². The fourth-order valence-electron chi connectivity index (χ4n) is 3.64. The summed E-state index contributed by atoms with van der Waals surface area (Å²) in [5.74, 6) is -0.388. The quantitative estimate of drug-likeness (QED) is 0.484. The van der Waals surface area contributed by atoms with E-state index in [-0.39, 0.29) is 18.0 Å². The Morgan fingerprint density at radius 1 is 1.09 bits per heavy atom. The second kappa shape index (κ2) is 8.69. The topological polar surface area (TPSA) is 160 Å². The van der Waals surface area contributed by atoms with Crippen molar-refractivity contribution in [3.8, 4) is 0 Å². The van der Waals surface area contributed by atoms with Crippen molar-refractivity contribution in [3.63, 3.8) is 0 Å². The Labute approximate surface area is 185 Å². The van der Waals surface area contributed by atoms with Crippen LogP contribution in [0.2, 0.25) is 0 Å². The van der Waals surface area contributed by atoms with Gasteiger partial charge in [-0.1, -0.05) is 0 Å². The maximum Gasteiger partial charge on any atom is 0.254 e. The van der Waals surface area contributed by atoms with Gasteiger partial charge in [0.05, 0.1) is 12.1 Å². The highest BCUT2D eigenvalue weighted by Crippen LogP contribution is 2.27. The number of rotatable bonds is 7. The summed E-state index contributed by atoms with van der Waals surface area (Å²) in [4.78, 5) is 47.4. The van der Waals surface area contributed by atoms with Crippen LogP contribution in [0.25, 0.3) is 0 Å². The molecule has 168 valence electrons. The van der Waals surface area contributed by atoms with Gasteiger partial charge in [0.1, 0.15) is 11.9 Å². The van der Waals surface area contributed by atoms with Gasteiger partial charge in [-0.2, -0.15) is 4.98 Å². The van der Waals surface area contributed by atoms with Crippen LogP contribution in [0, 0.1) is 0 Å². The van der Waals surface area contributed by atoms with Crippen molar-refractivity contribution in [2.24, 2.45) is 11.5 Å². The molecule has 2 aliphatic rings. The Balaban J connectivity index is 1.48. The van der Waals surface area contributed by atoms with E-state index in [2.05, 4.69) is 20.6 Å². The summed E-state index contributed by atoms with van der Waals surface area (Å²) in [6.45, 7) is 2.78. The van der Waals surface area contributed by atoms with Crippen molar-refractivity contribution in [2.75, 3.05) is 35.2 Å². The third-order valence-corrected chi connectivity index (χ3v) is 5.58. The van der Waals surface area contributed by atoms with Gasteiger partial charge in [-0.3, -0.25) is 14.4 Å². The number of hydrogen-bond donors (Lipinski definition) is 4. The predicted octanol–water partition coefficient (Wildman–Crippen LogP) is 0.416. The Hall–Kier alpha value is -3.89. The van der Waals surface area contributed by atoms with Gasteiger partial charge in [0.25, 0.3) is 5.91 Å². The highest BCUT2D eigenvalue weighted by atomic mass is 16.2. The standard InChI is InChI=1S/C21H26N8O3/c1-12(30)28-8-9-29(17(11-28)19(23)32)15-6-4-14(5-7-15)26-21-24-10-16(18(22)31)20(27-21)25-13-2-3-13/h4-7,10,13,17H,2-3,8-9,11H2,1H3,(H2,22,31)(H2,23,32)(H2,24,25,26,27). The lowest BCUT2D eigenvalue weighted by Crippen LogP contribution is -2.59. The van der Waals surface area contributed by atoms with Gasteiger partial charge in [0.2, 0.25) is 17.8 Å². The number of anilines is 4. The van der Waals surface area contributed by atoms with E-state index in [1.54, 1.807) is 4.90 Å². The van der Waals surface area contributed by atoms with Gasteiger partial charge in [-0.05, 0) is 37.1 Å². The molecule has 1 saturated heterocycles. The Morgan fingerprint density at radius 2 is 1.81 bits per heavy atom. The maximum atomic E-state index is 12.0. The van der Waals surface area contributed by atoms with Crippen LogP contribution < -0.4 is 27.0 Å². The Kier molecular flexibility index (Phi) is 5.80. The fourth-order valence-corrected chi connectivity index (χ4v) is 3.64. The first-order valence-corrected chi connectivity index (χ1v) is 10.4. The molecule has 1 aliphatic carbocycles. The molecule has 2 aromatic rings. The van der Waals surface area contributed by atoms with E-state index >= 15 is 0 Å². The lowest BCUT2D eigenvalue weighted by Gasteiger charge is -2.41. The minimum absolute atomic E-state index is 0.0756. The zero-order chi connectivity index (χ0) is 22.8.